The molecule has 0 bridgehead atoms. The molecule has 0 atom stereocenters. The number of nitriles is 1. The van der Waals surface area contributed by atoms with Gasteiger partial charge in [-0.2, -0.15) is 5.26 Å². The van der Waals surface area contributed by atoms with Gasteiger partial charge >= 0.3 is 0 Å². The maximum absolute atomic E-state index is 8.47. The van der Waals surface area contributed by atoms with Crippen LogP contribution in [-0.4, -0.2) is 0 Å². The molecule has 1 aliphatic rings. The summed E-state index contributed by atoms with van der Waals surface area (Å²) in [4.78, 5) is 0. The highest BCUT2D eigenvalue weighted by atomic mass is 14.3. The molecular weight excluding hydrogens is 122 g/mol. The van der Waals surface area contributed by atoms with E-state index in [4.69, 9.17) is 5.26 Å². The zero-order chi connectivity index (χ0) is 7.61. The minimum atomic E-state index is 0.301. The topological polar surface area (TPSA) is 23.8 Å². The maximum atomic E-state index is 8.47. The molecule has 0 N–H and O–H groups in total. The molecule has 10 heavy (non-hydrogen) atoms. The number of rotatable bonds is 1. The van der Waals surface area contributed by atoms with Crippen LogP contribution >= 0.6 is 0 Å². The molecule has 1 nitrogen and oxygen atoms in total. The van der Waals surface area contributed by atoms with Gasteiger partial charge in [-0.3, -0.25) is 0 Å². The van der Waals surface area contributed by atoms with Gasteiger partial charge in [0.05, 0.1) is 12.5 Å². The average Bonchev–Trinajstić information content (AvgIpc) is 2.13. The van der Waals surface area contributed by atoms with E-state index in [2.05, 4.69) is 26.0 Å². The summed E-state index contributed by atoms with van der Waals surface area (Å²) in [6.07, 6.45) is 5.20. The lowest BCUT2D eigenvalue weighted by Gasteiger charge is -2.20. The van der Waals surface area contributed by atoms with Gasteiger partial charge in [-0.05, 0) is 18.3 Å². The summed E-state index contributed by atoms with van der Waals surface area (Å²) in [5.41, 5.74) is 1.63. The van der Waals surface area contributed by atoms with Crippen LogP contribution in [0.3, 0.4) is 0 Å². The van der Waals surface area contributed by atoms with E-state index in [0.717, 1.165) is 6.42 Å². The van der Waals surface area contributed by atoms with Crippen LogP contribution in [0.1, 0.15) is 33.1 Å². The third-order valence-corrected chi connectivity index (χ3v) is 2.30. The SMILES string of the molecule is CC1(C)CCC=C1CC#N. The first kappa shape index (κ1) is 7.34. The molecule has 0 aliphatic heterocycles. The fourth-order valence-corrected chi connectivity index (χ4v) is 1.44. The van der Waals surface area contributed by atoms with Gasteiger partial charge in [-0.15, -0.1) is 0 Å². The third-order valence-electron chi connectivity index (χ3n) is 2.30. The average molecular weight is 135 g/mol. The standard InChI is InChI=1S/C9H13N/c1-9(2)6-3-4-8(9)5-7-10/h4H,3,5-6H2,1-2H3. The van der Waals surface area contributed by atoms with E-state index in [-0.39, 0.29) is 0 Å². The van der Waals surface area contributed by atoms with E-state index in [1.807, 2.05) is 0 Å². The molecule has 0 fully saturated rings. The van der Waals surface area contributed by atoms with Crippen molar-refractivity contribution in [3.05, 3.63) is 11.6 Å². The van der Waals surface area contributed by atoms with Crippen LogP contribution in [0.15, 0.2) is 11.6 Å². The van der Waals surface area contributed by atoms with Gasteiger partial charge < -0.3 is 0 Å². The molecule has 0 amide bonds. The zero-order valence-electron chi connectivity index (χ0n) is 6.65. The van der Waals surface area contributed by atoms with Gasteiger partial charge in [0.25, 0.3) is 0 Å². The Morgan fingerprint density at radius 2 is 2.40 bits per heavy atom. The second-order valence-electron chi connectivity index (χ2n) is 3.49. The van der Waals surface area contributed by atoms with Crippen LogP contribution in [0.25, 0.3) is 0 Å². The highest BCUT2D eigenvalue weighted by Gasteiger charge is 2.26. The Labute approximate surface area is 62.4 Å². The molecule has 0 unspecified atom stereocenters. The molecule has 0 aromatic heterocycles. The normalized spacial score (nSPS) is 21.9. The second kappa shape index (κ2) is 2.46. The van der Waals surface area contributed by atoms with Crippen molar-refractivity contribution >= 4 is 0 Å². The Morgan fingerprint density at radius 3 is 2.80 bits per heavy atom. The molecule has 0 aromatic rings. The van der Waals surface area contributed by atoms with Crippen LogP contribution in [-0.2, 0) is 0 Å². The van der Waals surface area contributed by atoms with Crippen molar-refractivity contribution in [2.24, 2.45) is 5.41 Å². The number of hydrogen-bond acceptors (Lipinski definition) is 1. The van der Waals surface area contributed by atoms with Gasteiger partial charge in [0, 0.05) is 0 Å². The van der Waals surface area contributed by atoms with Crippen molar-refractivity contribution < 1.29 is 0 Å². The molecule has 0 aromatic carbocycles. The molecule has 0 saturated carbocycles. The first-order chi connectivity index (χ1) is 4.67. The summed E-state index contributed by atoms with van der Waals surface area (Å²) in [6, 6.07) is 2.20. The lowest BCUT2D eigenvalue weighted by atomic mass is 9.84. The third kappa shape index (κ3) is 1.21. The Bertz CT molecular complexity index is 193. The van der Waals surface area contributed by atoms with Crippen molar-refractivity contribution in [3.63, 3.8) is 0 Å². The summed E-state index contributed by atoms with van der Waals surface area (Å²) >= 11 is 0. The highest BCUT2D eigenvalue weighted by molar-refractivity contribution is 5.20. The monoisotopic (exact) mass is 135 g/mol. The predicted molar refractivity (Wildman–Crippen MR) is 41.3 cm³/mol. The van der Waals surface area contributed by atoms with Crippen molar-refractivity contribution in [1.82, 2.24) is 0 Å². The van der Waals surface area contributed by atoms with Crippen molar-refractivity contribution in [1.29, 1.82) is 5.26 Å². The molecule has 54 valence electrons. The minimum absolute atomic E-state index is 0.301. The van der Waals surface area contributed by atoms with Crippen LogP contribution in [0.4, 0.5) is 0 Å². The highest BCUT2D eigenvalue weighted by Crippen LogP contribution is 2.39. The van der Waals surface area contributed by atoms with E-state index in [9.17, 15) is 0 Å². The fraction of sp³-hybridized carbons (Fsp3) is 0.667. The van der Waals surface area contributed by atoms with Crippen molar-refractivity contribution in [2.75, 3.05) is 0 Å². The van der Waals surface area contributed by atoms with Gasteiger partial charge in [-0.25, -0.2) is 0 Å². The Kier molecular flexibility index (Phi) is 1.80. The van der Waals surface area contributed by atoms with Gasteiger partial charge in [-0.1, -0.05) is 25.5 Å². The van der Waals surface area contributed by atoms with E-state index >= 15 is 0 Å². The van der Waals surface area contributed by atoms with Crippen LogP contribution < -0.4 is 0 Å². The molecule has 0 radical (unpaired) electrons. The van der Waals surface area contributed by atoms with Gasteiger partial charge in [0.2, 0.25) is 0 Å². The van der Waals surface area contributed by atoms with Crippen molar-refractivity contribution in [3.8, 4) is 6.07 Å². The van der Waals surface area contributed by atoms with E-state index in [1.54, 1.807) is 0 Å². The molecular formula is C9H13N. The Balaban J connectivity index is 2.68. The van der Waals surface area contributed by atoms with Crippen LogP contribution in [0.5, 0.6) is 0 Å². The first-order valence-electron chi connectivity index (χ1n) is 3.73. The lowest BCUT2D eigenvalue weighted by molar-refractivity contribution is 0.437. The fourth-order valence-electron chi connectivity index (χ4n) is 1.44. The first-order valence-corrected chi connectivity index (χ1v) is 3.73. The molecule has 0 saturated heterocycles. The Hall–Kier alpha value is -0.770. The minimum Gasteiger partial charge on any atom is -0.198 e. The summed E-state index contributed by atoms with van der Waals surface area (Å²) in [6.45, 7) is 4.42. The second-order valence-corrected chi connectivity index (χ2v) is 3.49. The van der Waals surface area contributed by atoms with Gasteiger partial charge in [0.1, 0.15) is 0 Å². The van der Waals surface area contributed by atoms with Crippen LogP contribution in [0, 0.1) is 16.7 Å². The van der Waals surface area contributed by atoms with E-state index in [1.165, 1.54) is 12.0 Å². The van der Waals surface area contributed by atoms with Gasteiger partial charge in [0.15, 0.2) is 0 Å². The summed E-state index contributed by atoms with van der Waals surface area (Å²) in [5.74, 6) is 0. The lowest BCUT2D eigenvalue weighted by Crippen LogP contribution is -2.08. The van der Waals surface area contributed by atoms with E-state index < -0.39 is 0 Å². The largest absolute Gasteiger partial charge is 0.198 e. The summed E-state index contributed by atoms with van der Waals surface area (Å²) in [7, 11) is 0. The molecule has 1 aliphatic carbocycles. The summed E-state index contributed by atoms with van der Waals surface area (Å²) in [5, 5.41) is 8.47. The Morgan fingerprint density at radius 1 is 1.70 bits per heavy atom. The predicted octanol–water partition coefficient (Wildman–Crippen LogP) is 2.65. The number of hydrogen-bond donors (Lipinski definition) is 0. The molecule has 1 heteroatoms. The number of nitrogens with zero attached hydrogens (tertiary/aromatic N) is 1. The van der Waals surface area contributed by atoms with Crippen LogP contribution in [0.2, 0.25) is 0 Å². The zero-order valence-corrected chi connectivity index (χ0v) is 6.65. The summed E-state index contributed by atoms with van der Waals surface area (Å²) < 4.78 is 0. The number of allylic oxidation sites excluding steroid dienone is 2. The quantitative estimate of drug-likeness (QED) is 0.507. The smallest absolute Gasteiger partial charge is 0.0666 e. The van der Waals surface area contributed by atoms with Crippen molar-refractivity contribution in [2.45, 2.75) is 33.1 Å². The molecule has 1 rings (SSSR count). The molecule has 0 heterocycles. The molecule has 0 spiro atoms. The maximum Gasteiger partial charge on any atom is 0.0666 e. The van der Waals surface area contributed by atoms with E-state index in [0.29, 0.717) is 11.8 Å².